The fourth-order valence-electron chi connectivity index (χ4n) is 1.23. The molecule has 1 rings (SSSR count). The fourth-order valence-corrected chi connectivity index (χ4v) is 1.23. The number of nitro groups is 1. The summed E-state index contributed by atoms with van der Waals surface area (Å²) in [5, 5.41) is 10.6. The van der Waals surface area contributed by atoms with Crippen LogP contribution < -0.4 is 5.73 Å². The molecule has 0 radical (unpaired) electrons. The third-order valence-corrected chi connectivity index (χ3v) is 2.03. The number of halogens is 1. The topological polar surface area (TPSA) is 95.5 Å². The van der Waals surface area contributed by atoms with E-state index in [4.69, 9.17) is 5.73 Å². The summed E-state index contributed by atoms with van der Waals surface area (Å²) in [4.78, 5) is 20.8. The molecule has 0 amide bonds. The van der Waals surface area contributed by atoms with Gasteiger partial charge in [-0.2, -0.15) is 0 Å². The lowest BCUT2D eigenvalue weighted by Gasteiger charge is -2.01. The van der Waals surface area contributed by atoms with Crippen molar-refractivity contribution in [1.29, 1.82) is 0 Å². The van der Waals surface area contributed by atoms with Crippen molar-refractivity contribution >= 4 is 23.4 Å². The van der Waals surface area contributed by atoms with E-state index in [9.17, 15) is 19.3 Å². The minimum atomic E-state index is -0.910. The number of anilines is 1. The quantitative estimate of drug-likeness (QED) is 0.291. The molecule has 1 aromatic carbocycles. The van der Waals surface area contributed by atoms with Crippen LogP contribution in [0.25, 0.3) is 6.08 Å². The van der Waals surface area contributed by atoms with Gasteiger partial charge in [-0.25, -0.2) is 9.18 Å². The van der Waals surface area contributed by atoms with E-state index in [0.29, 0.717) is 0 Å². The molecule has 18 heavy (non-hydrogen) atoms. The van der Waals surface area contributed by atoms with E-state index in [1.807, 2.05) is 0 Å². The largest absolute Gasteiger partial charge is 0.463 e. The van der Waals surface area contributed by atoms with Crippen LogP contribution in [-0.2, 0) is 9.53 Å². The number of ether oxygens (including phenoxy) is 1. The number of hydrogen-bond acceptors (Lipinski definition) is 5. The summed E-state index contributed by atoms with van der Waals surface area (Å²) in [6.07, 6.45) is 2.27. The van der Waals surface area contributed by atoms with Crippen LogP contribution in [-0.4, -0.2) is 17.5 Å². The van der Waals surface area contributed by atoms with E-state index in [1.54, 1.807) is 6.92 Å². The van der Waals surface area contributed by atoms with Gasteiger partial charge in [0.25, 0.3) is 5.69 Å². The highest BCUT2D eigenvalue weighted by atomic mass is 19.1. The Morgan fingerprint density at radius 1 is 1.61 bits per heavy atom. The van der Waals surface area contributed by atoms with Gasteiger partial charge in [0.2, 0.25) is 0 Å². The first kappa shape index (κ1) is 13.6. The molecule has 0 unspecified atom stereocenters. The van der Waals surface area contributed by atoms with Gasteiger partial charge in [-0.15, -0.1) is 0 Å². The molecule has 0 atom stereocenters. The first-order chi connectivity index (χ1) is 8.45. The molecule has 0 aliphatic heterocycles. The van der Waals surface area contributed by atoms with Crippen LogP contribution in [0, 0.1) is 15.9 Å². The molecule has 0 saturated heterocycles. The van der Waals surface area contributed by atoms with Gasteiger partial charge < -0.3 is 10.5 Å². The van der Waals surface area contributed by atoms with Crippen molar-refractivity contribution in [3.05, 3.63) is 39.7 Å². The second-order valence-corrected chi connectivity index (χ2v) is 3.28. The van der Waals surface area contributed by atoms with Crippen molar-refractivity contribution in [3.8, 4) is 0 Å². The number of rotatable bonds is 4. The number of nitrogens with zero attached hydrogens (tertiary/aromatic N) is 1. The Bertz CT molecular complexity index is 514. The molecule has 0 saturated carbocycles. The molecular formula is C11H11FN2O4. The molecule has 0 aromatic heterocycles. The zero-order valence-electron chi connectivity index (χ0n) is 9.55. The lowest BCUT2D eigenvalue weighted by molar-refractivity contribution is -0.384. The van der Waals surface area contributed by atoms with E-state index in [0.717, 1.165) is 18.2 Å². The molecule has 0 heterocycles. The Hall–Kier alpha value is -2.44. The van der Waals surface area contributed by atoms with E-state index < -0.39 is 28.1 Å². The third kappa shape index (κ3) is 3.27. The van der Waals surface area contributed by atoms with E-state index >= 15 is 0 Å². The zero-order valence-corrected chi connectivity index (χ0v) is 9.55. The maximum Gasteiger partial charge on any atom is 0.330 e. The summed E-state index contributed by atoms with van der Waals surface area (Å²) in [5.41, 5.74) is 4.30. The Kier molecular flexibility index (Phi) is 4.36. The number of carbonyl (C=O) groups excluding carboxylic acids is 1. The molecule has 0 spiro atoms. The Labute approximate surface area is 102 Å². The van der Waals surface area contributed by atoms with Crippen LogP contribution in [0.1, 0.15) is 12.5 Å². The maximum absolute atomic E-state index is 13.3. The number of nitro benzene ring substituents is 1. The molecular weight excluding hydrogens is 243 g/mol. The van der Waals surface area contributed by atoms with Crippen molar-refractivity contribution in [1.82, 2.24) is 0 Å². The van der Waals surface area contributed by atoms with Gasteiger partial charge in [0, 0.05) is 12.1 Å². The van der Waals surface area contributed by atoms with Crippen LogP contribution in [0.5, 0.6) is 0 Å². The van der Waals surface area contributed by atoms with Crippen LogP contribution in [0.4, 0.5) is 15.8 Å². The first-order valence-corrected chi connectivity index (χ1v) is 5.04. The van der Waals surface area contributed by atoms with E-state index in [1.165, 1.54) is 6.08 Å². The molecule has 0 fully saturated rings. The number of benzene rings is 1. The Balaban J connectivity index is 3.04. The smallest absolute Gasteiger partial charge is 0.330 e. The minimum Gasteiger partial charge on any atom is -0.463 e. The van der Waals surface area contributed by atoms with Gasteiger partial charge >= 0.3 is 5.97 Å². The van der Waals surface area contributed by atoms with Crippen molar-refractivity contribution in [2.24, 2.45) is 0 Å². The summed E-state index contributed by atoms with van der Waals surface area (Å²) < 4.78 is 17.9. The van der Waals surface area contributed by atoms with Gasteiger partial charge in [0.15, 0.2) is 5.82 Å². The highest BCUT2D eigenvalue weighted by Gasteiger charge is 2.16. The average Bonchev–Trinajstić information content (AvgIpc) is 2.30. The van der Waals surface area contributed by atoms with Crippen molar-refractivity contribution in [2.45, 2.75) is 6.92 Å². The summed E-state index contributed by atoms with van der Waals surface area (Å²) in [6.45, 7) is 1.85. The number of esters is 1. The molecule has 0 aliphatic carbocycles. The van der Waals surface area contributed by atoms with Crippen LogP contribution in [0.15, 0.2) is 18.2 Å². The van der Waals surface area contributed by atoms with E-state index in [2.05, 4.69) is 4.74 Å². The van der Waals surface area contributed by atoms with Gasteiger partial charge in [-0.05, 0) is 24.6 Å². The summed E-state index contributed by atoms with van der Waals surface area (Å²) in [6, 6.07) is 2.08. The lowest BCUT2D eigenvalue weighted by atomic mass is 10.1. The van der Waals surface area contributed by atoms with Gasteiger partial charge in [-0.3, -0.25) is 10.1 Å². The molecule has 0 bridgehead atoms. The first-order valence-electron chi connectivity index (χ1n) is 5.04. The zero-order chi connectivity index (χ0) is 13.7. The van der Waals surface area contributed by atoms with Crippen molar-refractivity contribution in [2.75, 3.05) is 12.3 Å². The summed E-state index contributed by atoms with van der Waals surface area (Å²) in [7, 11) is 0. The Morgan fingerprint density at radius 2 is 2.28 bits per heavy atom. The average molecular weight is 254 g/mol. The lowest BCUT2D eigenvalue weighted by Crippen LogP contribution is -2.00. The van der Waals surface area contributed by atoms with Gasteiger partial charge in [0.05, 0.1) is 11.5 Å². The molecule has 96 valence electrons. The molecule has 2 N–H and O–H groups in total. The van der Waals surface area contributed by atoms with Gasteiger partial charge in [0.1, 0.15) is 5.69 Å². The Morgan fingerprint density at radius 3 is 2.83 bits per heavy atom. The predicted octanol–water partition coefficient (Wildman–Crippen LogP) is 1.89. The third-order valence-electron chi connectivity index (χ3n) is 2.03. The molecule has 0 aliphatic rings. The highest BCUT2D eigenvalue weighted by Crippen LogP contribution is 2.26. The number of nitrogens with two attached hydrogens (primary N) is 1. The van der Waals surface area contributed by atoms with Crippen molar-refractivity contribution in [3.63, 3.8) is 0 Å². The van der Waals surface area contributed by atoms with Crippen LogP contribution in [0.2, 0.25) is 0 Å². The monoisotopic (exact) mass is 254 g/mol. The minimum absolute atomic E-state index is 0.154. The van der Waals surface area contributed by atoms with Crippen LogP contribution in [0.3, 0.4) is 0 Å². The maximum atomic E-state index is 13.3. The second-order valence-electron chi connectivity index (χ2n) is 3.28. The van der Waals surface area contributed by atoms with Crippen molar-refractivity contribution < 1.29 is 18.8 Å². The molecule has 1 aromatic rings. The SMILES string of the molecule is CCOC(=O)C=Cc1cc(F)c(N)c([N+](=O)[O-])c1. The van der Waals surface area contributed by atoms with E-state index in [-0.39, 0.29) is 12.2 Å². The summed E-state index contributed by atoms with van der Waals surface area (Å²) >= 11 is 0. The normalized spacial score (nSPS) is 10.6. The molecule has 6 nitrogen and oxygen atoms in total. The fraction of sp³-hybridized carbons (Fsp3) is 0.182. The van der Waals surface area contributed by atoms with Crippen LogP contribution >= 0.6 is 0 Å². The standard InChI is InChI=1S/C11H11FN2O4/c1-2-18-10(15)4-3-7-5-8(12)11(13)9(6-7)14(16)17/h3-6H,2,13H2,1H3. The number of nitrogen functional groups attached to an aromatic ring is 1. The summed E-state index contributed by atoms with van der Waals surface area (Å²) in [5.74, 6) is -1.52. The molecule has 7 heteroatoms. The number of carbonyl (C=O) groups is 1. The number of hydrogen-bond donors (Lipinski definition) is 1. The van der Waals surface area contributed by atoms with Gasteiger partial charge in [-0.1, -0.05) is 0 Å². The predicted molar refractivity (Wildman–Crippen MR) is 63.1 cm³/mol. The highest BCUT2D eigenvalue weighted by molar-refractivity contribution is 5.87. The second kappa shape index (κ2) is 5.76.